The predicted molar refractivity (Wildman–Crippen MR) is 85.9 cm³/mol. The van der Waals surface area contributed by atoms with Crippen LogP contribution in [0.4, 0.5) is 0 Å². The highest BCUT2D eigenvalue weighted by molar-refractivity contribution is 7.16. The highest BCUT2D eigenvalue weighted by atomic mass is 32.1. The van der Waals surface area contributed by atoms with Gasteiger partial charge in [0.15, 0.2) is 0 Å². The van der Waals surface area contributed by atoms with E-state index in [4.69, 9.17) is 4.52 Å². The van der Waals surface area contributed by atoms with Crippen LogP contribution in [0, 0.1) is 6.92 Å². The fourth-order valence-corrected chi connectivity index (χ4v) is 3.37. The molecular weight excluding hydrogens is 298 g/mol. The standard InChI is InChI=1S/C16H11N3O2S/c1-9-11(3-2-4-12(9)15-17-8-21-19-15)10-5-6-13-14(7-10)22-16(20)18-13/h2-8H,1H3,(H,18,20). The molecule has 0 fully saturated rings. The molecule has 0 amide bonds. The maximum Gasteiger partial charge on any atom is 0.305 e. The molecule has 22 heavy (non-hydrogen) atoms. The normalized spacial score (nSPS) is 11.1. The lowest BCUT2D eigenvalue weighted by Gasteiger charge is -2.09. The van der Waals surface area contributed by atoms with Crippen LogP contribution in [0.15, 0.2) is 52.1 Å². The topological polar surface area (TPSA) is 71.8 Å². The Morgan fingerprint density at radius 3 is 2.86 bits per heavy atom. The van der Waals surface area contributed by atoms with E-state index in [2.05, 4.69) is 21.2 Å². The number of aromatic amines is 1. The Labute approximate surface area is 129 Å². The lowest BCUT2D eigenvalue weighted by atomic mass is 9.96. The van der Waals surface area contributed by atoms with Gasteiger partial charge >= 0.3 is 4.87 Å². The van der Waals surface area contributed by atoms with Crippen molar-refractivity contribution < 1.29 is 4.52 Å². The molecule has 0 aliphatic rings. The van der Waals surface area contributed by atoms with E-state index in [9.17, 15) is 4.79 Å². The molecule has 0 aliphatic carbocycles. The van der Waals surface area contributed by atoms with Gasteiger partial charge in [-0.05, 0) is 35.7 Å². The summed E-state index contributed by atoms with van der Waals surface area (Å²) in [6.07, 6.45) is 1.32. The Hall–Kier alpha value is -2.73. The number of hydrogen-bond acceptors (Lipinski definition) is 5. The van der Waals surface area contributed by atoms with E-state index in [1.807, 2.05) is 37.3 Å². The van der Waals surface area contributed by atoms with Gasteiger partial charge in [0, 0.05) is 5.56 Å². The highest BCUT2D eigenvalue weighted by Crippen LogP contribution is 2.32. The molecule has 0 atom stereocenters. The van der Waals surface area contributed by atoms with Crippen LogP contribution in [-0.2, 0) is 0 Å². The summed E-state index contributed by atoms with van der Waals surface area (Å²) in [5, 5.41) is 3.90. The van der Waals surface area contributed by atoms with Crippen molar-refractivity contribution in [3.8, 4) is 22.5 Å². The van der Waals surface area contributed by atoms with E-state index in [1.54, 1.807) is 0 Å². The van der Waals surface area contributed by atoms with Crippen LogP contribution in [-0.4, -0.2) is 15.1 Å². The summed E-state index contributed by atoms with van der Waals surface area (Å²) in [5.74, 6) is 0.576. The molecule has 0 bridgehead atoms. The first-order valence-corrected chi connectivity index (χ1v) is 7.53. The summed E-state index contributed by atoms with van der Waals surface area (Å²) in [6.45, 7) is 2.03. The van der Waals surface area contributed by atoms with Gasteiger partial charge in [0.25, 0.3) is 0 Å². The van der Waals surface area contributed by atoms with Crippen LogP contribution >= 0.6 is 11.3 Å². The molecule has 2 aromatic carbocycles. The van der Waals surface area contributed by atoms with Gasteiger partial charge < -0.3 is 9.51 Å². The zero-order valence-corrected chi connectivity index (χ0v) is 12.5. The third-order valence-corrected chi connectivity index (χ3v) is 4.51. The summed E-state index contributed by atoms with van der Waals surface area (Å²) in [5.41, 5.74) is 5.03. The van der Waals surface area contributed by atoms with Crippen molar-refractivity contribution in [2.45, 2.75) is 6.92 Å². The predicted octanol–water partition coefficient (Wildman–Crippen LogP) is 3.62. The minimum absolute atomic E-state index is 0.0376. The van der Waals surface area contributed by atoms with Gasteiger partial charge in [0.05, 0.1) is 10.2 Å². The van der Waals surface area contributed by atoms with E-state index in [-0.39, 0.29) is 4.87 Å². The van der Waals surface area contributed by atoms with Crippen molar-refractivity contribution in [3.05, 3.63) is 58.0 Å². The SMILES string of the molecule is Cc1c(-c2ccc3[nH]c(=O)sc3c2)cccc1-c1ncon1. The Bertz CT molecular complexity index is 1020. The van der Waals surface area contributed by atoms with Crippen LogP contribution in [0.1, 0.15) is 5.56 Å². The third-order valence-electron chi connectivity index (χ3n) is 3.67. The lowest BCUT2D eigenvalue weighted by molar-refractivity contribution is 0.418. The van der Waals surface area contributed by atoms with Crippen molar-refractivity contribution >= 4 is 21.6 Å². The second-order valence-electron chi connectivity index (χ2n) is 4.96. The molecule has 1 N–H and O–H groups in total. The molecule has 2 aromatic heterocycles. The third kappa shape index (κ3) is 2.05. The van der Waals surface area contributed by atoms with E-state index < -0.39 is 0 Å². The van der Waals surface area contributed by atoms with Gasteiger partial charge in [-0.15, -0.1) is 0 Å². The second-order valence-corrected chi connectivity index (χ2v) is 5.97. The van der Waals surface area contributed by atoms with Crippen LogP contribution < -0.4 is 4.87 Å². The molecule has 0 radical (unpaired) electrons. The Kier molecular flexibility index (Phi) is 2.90. The fourth-order valence-electron chi connectivity index (χ4n) is 2.59. The average Bonchev–Trinajstić information content (AvgIpc) is 3.15. The zero-order chi connectivity index (χ0) is 15.1. The number of rotatable bonds is 2. The summed E-state index contributed by atoms with van der Waals surface area (Å²) < 4.78 is 5.78. The van der Waals surface area contributed by atoms with Crippen LogP contribution in [0.5, 0.6) is 0 Å². The maximum absolute atomic E-state index is 11.4. The number of nitrogens with one attached hydrogen (secondary N) is 1. The van der Waals surface area contributed by atoms with Crippen molar-refractivity contribution in [2.75, 3.05) is 0 Å². The molecule has 4 rings (SSSR count). The number of hydrogen-bond donors (Lipinski definition) is 1. The lowest BCUT2D eigenvalue weighted by Crippen LogP contribution is -1.90. The molecule has 0 aliphatic heterocycles. The Morgan fingerprint density at radius 2 is 2.05 bits per heavy atom. The molecular formula is C16H11N3O2S. The molecule has 4 aromatic rings. The first-order valence-electron chi connectivity index (χ1n) is 6.72. The Balaban J connectivity index is 1.91. The molecule has 0 saturated heterocycles. The fraction of sp³-hybridized carbons (Fsp3) is 0.0625. The van der Waals surface area contributed by atoms with Crippen molar-refractivity contribution in [1.29, 1.82) is 0 Å². The van der Waals surface area contributed by atoms with E-state index in [0.717, 1.165) is 32.5 Å². The molecule has 108 valence electrons. The van der Waals surface area contributed by atoms with Gasteiger partial charge in [-0.3, -0.25) is 4.79 Å². The molecule has 0 saturated carbocycles. The van der Waals surface area contributed by atoms with Gasteiger partial charge in [0.2, 0.25) is 12.2 Å². The molecule has 5 nitrogen and oxygen atoms in total. The summed E-state index contributed by atoms with van der Waals surface area (Å²) in [6, 6.07) is 12.0. The minimum atomic E-state index is -0.0376. The van der Waals surface area contributed by atoms with E-state index in [0.29, 0.717) is 5.82 Å². The van der Waals surface area contributed by atoms with Gasteiger partial charge in [-0.25, -0.2) is 0 Å². The number of nitrogens with zero attached hydrogens (tertiary/aromatic N) is 2. The van der Waals surface area contributed by atoms with E-state index in [1.165, 1.54) is 17.7 Å². The average molecular weight is 309 g/mol. The van der Waals surface area contributed by atoms with E-state index >= 15 is 0 Å². The highest BCUT2D eigenvalue weighted by Gasteiger charge is 2.12. The maximum atomic E-state index is 11.4. The first kappa shape index (κ1) is 13.0. The monoisotopic (exact) mass is 309 g/mol. The minimum Gasteiger partial charge on any atom is -0.342 e. The van der Waals surface area contributed by atoms with Crippen LogP contribution in [0.25, 0.3) is 32.7 Å². The second kappa shape index (κ2) is 4.92. The number of aromatic nitrogens is 3. The largest absolute Gasteiger partial charge is 0.342 e. The molecule has 0 spiro atoms. The van der Waals surface area contributed by atoms with Gasteiger partial charge in [-0.2, -0.15) is 4.98 Å². The smallest absolute Gasteiger partial charge is 0.305 e. The number of fused-ring (bicyclic) bond motifs is 1. The van der Waals surface area contributed by atoms with Gasteiger partial charge in [-0.1, -0.05) is 40.8 Å². The van der Waals surface area contributed by atoms with Crippen LogP contribution in [0.2, 0.25) is 0 Å². The molecule has 2 heterocycles. The number of thiazole rings is 1. The van der Waals surface area contributed by atoms with Crippen molar-refractivity contribution in [2.24, 2.45) is 0 Å². The summed E-state index contributed by atoms with van der Waals surface area (Å²) in [7, 11) is 0. The first-order chi connectivity index (χ1) is 10.7. The summed E-state index contributed by atoms with van der Waals surface area (Å²) in [4.78, 5) is 18.3. The van der Waals surface area contributed by atoms with Crippen molar-refractivity contribution in [3.63, 3.8) is 0 Å². The van der Waals surface area contributed by atoms with Crippen LogP contribution in [0.3, 0.4) is 0 Å². The quantitative estimate of drug-likeness (QED) is 0.614. The summed E-state index contributed by atoms with van der Waals surface area (Å²) >= 11 is 1.22. The van der Waals surface area contributed by atoms with Gasteiger partial charge in [0.1, 0.15) is 0 Å². The van der Waals surface area contributed by atoms with Crippen molar-refractivity contribution in [1.82, 2.24) is 15.1 Å². The number of H-pyrrole nitrogens is 1. The number of benzene rings is 2. The Morgan fingerprint density at radius 1 is 1.18 bits per heavy atom. The zero-order valence-electron chi connectivity index (χ0n) is 11.7. The molecule has 6 heteroatoms. The molecule has 0 unspecified atom stereocenters.